The molecule has 1 atom stereocenters. The maximum Gasteiger partial charge on any atom is 0.310 e. The van der Waals surface area contributed by atoms with Gasteiger partial charge in [-0.05, 0) is 50.8 Å². The van der Waals surface area contributed by atoms with Crippen LogP contribution in [-0.4, -0.2) is 49.6 Å². The van der Waals surface area contributed by atoms with Gasteiger partial charge in [0.15, 0.2) is 0 Å². The lowest BCUT2D eigenvalue weighted by Crippen LogP contribution is -2.44. The monoisotopic (exact) mass is 332 g/mol. The average molecular weight is 332 g/mol. The van der Waals surface area contributed by atoms with Gasteiger partial charge in [-0.2, -0.15) is 0 Å². The fraction of sp³-hybridized carbons (Fsp3) is 0.579. The Labute approximate surface area is 144 Å². The second-order valence-electron chi connectivity index (χ2n) is 6.35. The first-order valence-electron chi connectivity index (χ1n) is 8.80. The number of nitrogens with one attached hydrogen (secondary N) is 1. The van der Waals surface area contributed by atoms with E-state index in [-0.39, 0.29) is 17.8 Å². The van der Waals surface area contributed by atoms with Crippen molar-refractivity contribution in [2.75, 3.05) is 32.8 Å². The molecule has 1 heterocycles. The maximum absolute atomic E-state index is 12.1. The number of likely N-dealkylation sites (tertiary alicyclic amines) is 1. The highest BCUT2D eigenvalue weighted by molar-refractivity contribution is 5.78. The normalized spacial score (nSPS) is 18.2. The topological polar surface area (TPSA) is 58.6 Å². The fourth-order valence-corrected chi connectivity index (χ4v) is 3.14. The van der Waals surface area contributed by atoms with E-state index in [1.54, 1.807) is 0 Å². The van der Waals surface area contributed by atoms with Gasteiger partial charge in [0.25, 0.3) is 0 Å². The van der Waals surface area contributed by atoms with Crippen molar-refractivity contribution >= 4 is 11.9 Å². The highest BCUT2D eigenvalue weighted by Crippen LogP contribution is 2.17. The first-order chi connectivity index (χ1) is 11.6. The molecule has 1 aliphatic rings. The van der Waals surface area contributed by atoms with Crippen molar-refractivity contribution in [2.24, 2.45) is 5.92 Å². The Morgan fingerprint density at radius 1 is 1.33 bits per heavy atom. The smallest absolute Gasteiger partial charge is 0.310 e. The number of benzene rings is 1. The van der Waals surface area contributed by atoms with E-state index in [9.17, 15) is 9.59 Å². The second-order valence-corrected chi connectivity index (χ2v) is 6.35. The summed E-state index contributed by atoms with van der Waals surface area (Å²) < 4.78 is 5.09. The average Bonchev–Trinajstić information content (AvgIpc) is 2.57. The third-order valence-corrected chi connectivity index (χ3v) is 4.47. The zero-order valence-electron chi connectivity index (χ0n) is 14.7. The van der Waals surface area contributed by atoms with Crippen molar-refractivity contribution in [3.8, 4) is 0 Å². The molecule has 24 heavy (non-hydrogen) atoms. The Morgan fingerprint density at radius 3 is 2.88 bits per heavy atom. The van der Waals surface area contributed by atoms with Gasteiger partial charge < -0.3 is 10.1 Å². The Hall–Kier alpha value is -1.88. The van der Waals surface area contributed by atoms with E-state index in [2.05, 4.69) is 24.4 Å². The quantitative estimate of drug-likeness (QED) is 0.775. The summed E-state index contributed by atoms with van der Waals surface area (Å²) >= 11 is 0. The number of hydrogen-bond acceptors (Lipinski definition) is 4. The summed E-state index contributed by atoms with van der Waals surface area (Å²) in [5.41, 5.74) is 2.51. The second kappa shape index (κ2) is 9.42. The van der Waals surface area contributed by atoms with E-state index < -0.39 is 0 Å². The van der Waals surface area contributed by atoms with E-state index in [4.69, 9.17) is 4.74 Å². The van der Waals surface area contributed by atoms with Crippen LogP contribution in [0.1, 0.15) is 30.9 Å². The molecule has 1 aromatic carbocycles. The lowest BCUT2D eigenvalue weighted by Gasteiger charge is -2.30. The van der Waals surface area contributed by atoms with Crippen molar-refractivity contribution in [1.29, 1.82) is 0 Å². The predicted octanol–water partition coefficient (Wildman–Crippen LogP) is 1.93. The van der Waals surface area contributed by atoms with Gasteiger partial charge >= 0.3 is 5.97 Å². The van der Waals surface area contributed by atoms with Gasteiger partial charge in [-0.1, -0.05) is 24.3 Å². The van der Waals surface area contributed by atoms with E-state index in [1.807, 2.05) is 24.0 Å². The number of hydrogen-bond donors (Lipinski definition) is 1. The van der Waals surface area contributed by atoms with Gasteiger partial charge in [0.05, 0.1) is 19.1 Å². The molecule has 0 aliphatic carbocycles. The molecule has 1 N–H and O–H groups in total. The fourth-order valence-electron chi connectivity index (χ4n) is 3.14. The van der Waals surface area contributed by atoms with Gasteiger partial charge in [-0.15, -0.1) is 0 Å². The van der Waals surface area contributed by atoms with E-state index >= 15 is 0 Å². The number of piperidine rings is 1. The molecule has 0 spiro atoms. The highest BCUT2D eigenvalue weighted by Gasteiger charge is 2.27. The molecule has 2 rings (SSSR count). The largest absolute Gasteiger partial charge is 0.466 e. The number of aryl methyl sites for hydroxylation is 1. The zero-order valence-corrected chi connectivity index (χ0v) is 14.7. The molecule has 0 radical (unpaired) electrons. The van der Waals surface area contributed by atoms with E-state index in [0.29, 0.717) is 26.2 Å². The predicted molar refractivity (Wildman–Crippen MR) is 93.7 cm³/mol. The van der Waals surface area contributed by atoms with Crippen LogP contribution in [0.2, 0.25) is 0 Å². The van der Waals surface area contributed by atoms with Gasteiger partial charge in [0.2, 0.25) is 5.91 Å². The number of esters is 1. The standard InChI is InChI=1S/C19H28N2O3/c1-3-24-19(23)17-9-6-12-21(13-17)14-18(22)20-11-10-16-8-5-4-7-15(16)2/h4-5,7-8,17H,3,6,9-14H2,1-2H3,(H,20,22)/t17-/m0/s1. The van der Waals surface area contributed by atoms with Gasteiger partial charge in [0.1, 0.15) is 0 Å². The van der Waals surface area contributed by atoms with Gasteiger partial charge in [-0.25, -0.2) is 0 Å². The van der Waals surface area contributed by atoms with Crippen LogP contribution in [0.25, 0.3) is 0 Å². The molecular formula is C19H28N2O3. The number of ether oxygens (including phenoxy) is 1. The third-order valence-electron chi connectivity index (χ3n) is 4.47. The lowest BCUT2D eigenvalue weighted by atomic mass is 9.98. The molecule has 1 amide bonds. The summed E-state index contributed by atoms with van der Waals surface area (Å²) in [4.78, 5) is 26.0. The summed E-state index contributed by atoms with van der Waals surface area (Å²) in [6.45, 7) is 6.78. The van der Waals surface area contributed by atoms with Crippen LogP contribution in [0.3, 0.4) is 0 Å². The molecule has 132 valence electrons. The summed E-state index contributed by atoms with van der Waals surface area (Å²) in [6, 6.07) is 8.22. The van der Waals surface area contributed by atoms with Crippen LogP contribution < -0.4 is 5.32 Å². The zero-order chi connectivity index (χ0) is 17.4. The first kappa shape index (κ1) is 18.5. The molecule has 1 fully saturated rings. The first-order valence-corrected chi connectivity index (χ1v) is 8.80. The molecule has 5 heteroatoms. The van der Waals surface area contributed by atoms with Crippen molar-refractivity contribution in [3.63, 3.8) is 0 Å². The molecule has 0 bridgehead atoms. The minimum atomic E-state index is -0.137. The lowest BCUT2D eigenvalue weighted by molar-refractivity contribution is -0.150. The Kier molecular flexibility index (Phi) is 7.25. The molecule has 5 nitrogen and oxygen atoms in total. The van der Waals surface area contributed by atoms with Crippen LogP contribution in [-0.2, 0) is 20.7 Å². The van der Waals surface area contributed by atoms with Crippen LogP contribution in [0.15, 0.2) is 24.3 Å². The van der Waals surface area contributed by atoms with Crippen LogP contribution in [0, 0.1) is 12.8 Å². The Balaban J connectivity index is 1.72. The molecular weight excluding hydrogens is 304 g/mol. The van der Waals surface area contributed by atoms with Crippen LogP contribution in [0.4, 0.5) is 0 Å². The van der Waals surface area contributed by atoms with Crippen molar-refractivity contribution in [3.05, 3.63) is 35.4 Å². The summed E-state index contributed by atoms with van der Waals surface area (Å²) in [7, 11) is 0. The Morgan fingerprint density at radius 2 is 2.12 bits per heavy atom. The minimum absolute atomic E-state index is 0.0214. The number of amides is 1. The number of rotatable bonds is 7. The number of nitrogens with zero attached hydrogens (tertiary/aromatic N) is 1. The Bertz CT molecular complexity index is 559. The SMILES string of the molecule is CCOC(=O)[C@H]1CCCN(CC(=O)NCCc2ccccc2C)C1. The highest BCUT2D eigenvalue weighted by atomic mass is 16.5. The third kappa shape index (κ3) is 5.64. The maximum atomic E-state index is 12.1. The number of carbonyl (C=O) groups excluding carboxylic acids is 2. The number of carbonyl (C=O) groups is 2. The summed E-state index contributed by atoms with van der Waals surface area (Å²) in [6.07, 6.45) is 2.62. The summed E-state index contributed by atoms with van der Waals surface area (Å²) in [5.74, 6) is -0.214. The molecule has 1 aromatic rings. The van der Waals surface area contributed by atoms with Crippen molar-refractivity contribution in [2.45, 2.75) is 33.1 Å². The molecule has 0 saturated carbocycles. The van der Waals surface area contributed by atoms with Crippen molar-refractivity contribution < 1.29 is 14.3 Å². The van der Waals surface area contributed by atoms with Gasteiger partial charge in [0, 0.05) is 13.1 Å². The molecule has 1 aliphatic heterocycles. The van der Waals surface area contributed by atoms with Crippen LogP contribution in [0.5, 0.6) is 0 Å². The minimum Gasteiger partial charge on any atom is -0.466 e. The van der Waals surface area contributed by atoms with E-state index in [0.717, 1.165) is 25.8 Å². The molecule has 0 aromatic heterocycles. The van der Waals surface area contributed by atoms with E-state index in [1.165, 1.54) is 11.1 Å². The summed E-state index contributed by atoms with van der Waals surface area (Å²) in [5, 5.41) is 2.98. The van der Waals surface area contributed by atoms with Gasteiger partial charge in [-0.3, -0.25) is 14.5 Å². The van der Waals surface area contributed by atoms with Crippen LogP contribution >= 0.6 is 0 Å². The molecule has 1 saturated heterocycles. The van der Waals surface area contributed by atoms with Crippen molar-refractivity contribution in [1.82, 2.24) is 10.2 Å². The molecule has 0 unspecified atom stereocenters.